The number of aryl methyl sites for hydroxylation is 2. The summed E-state index contributed by atoms with van der Waals surface area (Å²) in [5, 5.41) is 12.5. The van der Waals surface area contributed by atoms with E-state index in [0.29, 0.717) is 34.3 Å². The number of amides is 3. The zero-order valence-electron chi connectivity index (χ0n) is 22.1. The molecule has 5 rings (SSSR count). The highest BCUT2D eigenvalue weighted by atomic mass is 32.2. The Balaban J connectivity index is 1.30. The molecule has 1 N–H and O–H groups in total. The first-order valence-electron chi connectivity index (χ1n) is 13.0. The molecule has 0 spiro atoms. The number of benzene rings is 3. The number of nitrogens with zero attached hydrogens (tertiary/aromatic N) is 4. The van der Waals surface area contributed by atoms with E-state index in [1.54, 1.807) is 36.4 Å². The van der Waals surface area contributed by atoms with Crippen LogP contribution in [-0.2, 0) is 24.2 Å². The lowest BCUT2D eigenvalue weighted by Gasteiger charge is -2.15. The van der Waals surface area contributed by atoms with Crippen LogP contribution >= 0.6 is 11.8 Å². The zero-order chi connectivity index (χ0) is 27.5. The Hall–Kier alpha value is -4.24. The highest BCUT2D eigenvalue weighted by molar-refractivity contribution is 7.99. The maximum atomic E-state index is 12.8. The van der Waals surface area contributed by atoms with E-state index in [2.05, 4.69) is 29.4 Å². The van der Waals surface area contributed by atoms with Crippen molar-refractivity contribution in [3.05, 3.63) is 89.0 Å². The lowest BCUT2D eigenvalue weighted by molar-refractivity contribution is -0.113. The molecule has 0 aliphatic carbocycles. The molecule has 8 nitrogen and oxygen atoms in total. The molecule has 3 amide bonds. The van der Waals surface area contributed by atoms with Crippen molar-refractivity contribution in [1.29, 1.82) is 0 Å². The second-order valence-corrected chi connectivity index (χ2v) is 10.0. The maximum absolute atomic E-state index is 12.8. The molecule has 0 fully saturated rings. The molecule has 4 aromatic rings. The largest absolute Gasteiger partial charge is 0.325 e. The van der Waals surface area contributed by atoms with Crippen molar-refractivity contribution >= 4 is 40.9 Å². The van der Waals surface area contributed by atoms with Crippen molar-refractivity contribution in [2.45, 2.75) is 45.3 Å². The quantitative estimate of drug-likeness (QED) is 0.219. The first-order valence-corrected chi connectivity index (χ1v) is 14.0. The minimum atomic E-state index is -0.329. The lowest BCUT2D eigenvalue weighted by Crippen LogP contribution is -2.29. The smallest absolute Gasteiger partial charge is 0.266 e. The van der Waals surface area contributed by atoms with E-state index in [1.807, 2.05) is 41.8 Å². The monoisotopic (exact) mass is 539 g/mol. The molecule has 0 saturated heterocycles. The molecular weight excluding hydrogens is 510 g/mol. The first-order chi connectivity index (χ1) is 19.0. The van der Waals surface area contributed by atoms with Gasteiger partial charge in [-0.3, -0.25) is 14.4 Å². The fraction of sp³-hybridized carbons (Fsp3) is 0.233. The third kappa shape index (κ3) is 4.97. The minimum Gasteiger partial charge on any atom is -0.325 e. The van der Waals surface area contributed by atoms with Crippen LogP contribution in [0.5, 0.6) is 0 Å². The normalized spacial score (nSPS) is 12.6. The summed E-state index contributed by atoms with van der Waals surface area (Å²) in [6.07, 6.45) is 1.69. The third-order valence-electron chi connectivity index (χ3n) is 6.81. The van der Waals surface area contributed by atoms with Crippen molar-refractivity contribution in [2.75, 3.05) is 16.0 Å². The van der Waals surface area contributed by atoms with Crippen LogP contribution in [0.1, 0.15) is 52.6 Å². The fourth-order valence-electron chi connectivity index (χ4n) is 4.79. The Bertz CT molecular complexity index is 1500. The number of carbonyl (C=O) groups is 3. The third-order valence-corrected chi connectivity index (χ3v) is 7.77. The number of anilines is 2. The number of hydrogen-bond acceptors (Lipinski definition) is 6. The van der Waals surface area contributed by atoms with Gasteiger partial charge in [0.1, 0.15) is 0 Å². The standard InChI is InChI=1S/C30H29N5O3S/c1-4-19-10-9-11-20(5-2)26(19)31-25(36)18-39-30-33-32-27(34(30)6-3)21-14-16-22(17-15-21)35-28(37)23-12-7-8-13-24(23)29(35)38/h7-17H,4-6,18H2,1-3H3,(H,31,36). The number of carbonyl (C=O) groups excluding carboxylic acids is 3. The number of aromatic nitrogens is 3. The predicted molar refractivity (Wildman–Crippen MR) is 153 cm³/mol. The van der Waals surface area contributed by atoms with E-state index in [0.717, 1.165) is 35.2 Å². The first kappa shape index (κ1) is 26.4. The molecule has 198 valence electrons. The minimum absolute atomic E-state index is 0.0897. The number of imide groups is 1. The van der Waals surface area contributed by atoms with Gasteiger partial charge in [-0.15, -0.1) is 10.2 Å². The SMILES string of the molecule is CCc1cccc(CC)c1NC(=O)CSc1nnc(-c2ccc(N3C(=O)c4ccccc4C3=O)cc2)n1CC. The fourth-order valence-corrected chi connectivity index (χ4v) is 5.59. The number of para-hydroxylation sites is 1. The van der Waals surface area contributed by atoms with Crippen LogP contribution in [0.4, 0.5) is 11.4 Å². The van der Waals surface area contributed by atoms with Gasteiger partial charge in [-0.1, -0.05) is 55.9 Å². The van der Waals surface area contributed by atoms with Crippen LogP contribution < -0.4 is 10.2 Å². The summed E-state index contributed by atoms with van der Waals surface area (Å²) in [7, 11) is 0. The van der Waals surface area contributed by atoms with Crippen molar-refractivity contribution < 1.29 is 14.4 Å². The molecule has 0 radical (unpaired) electrons. The van der Waals surface area contributed by atoms with E-state index in [9.17, 15) is 14.4 Å². The summed E-state index contributed by atoms with van der Waals surface area (Å²) in [5.74, 6) is 0.110. The van der Waals surface area contributed by atoms with Crippen molar-refractivity contribution in [3.8, 4) is 11.4 Å². The Kier molecular flexibility index (Phi) is 7.60. The number of rotatable bonds is 9. The molecule has 1 aromatic heterocycles. The average molecular weight is 540 g/mol. The molecule has 1 aliphatic heterocycles. The second-order valence-electron chi connectivity index (χ2n) is 9.08. The van der Waals surface area contributed by atoms with Gasteiger partial charge in [-0.25, -0.2) is 4.90 Å². The van der Waals surface area contributed by atoms with Crippen LogP contribution in [0.25, 0.3) is 11.4 Å². The van der Waals surface area contributed by atoms with Gasteiger partial charge in [-0.2, -0.15) is 0 Å². The summed E-state index contributed by atoms with van der Waals surface area (Å²) < 4.78 is 1.95. The highest BCUT2D eigenvalue weighted by Gasteiger charge is 2.36. The van der Waals surface area contributed by atoms with Gasteiger partial charge in [0.25, 0.3) is 11.8 Å². The zero-order valence-corrected chi connectivity index (χ0v) is 22.9. The van der Waals surface area contributed by atoms with E-state index < -0.39 is 0 Å². The summed E-state index contributed by atoms with van der Waals surface area (Å²) in [4.78, 5) is 39.7. The summed E-state index contributed by atoms with van der Waals surface area (Å²) >= 11 is 1.34. The molecular formula is C30H29N5O3S. The van der Waals surface area contributed by atoms with Crippen LogP contribution in [0.15, 0.2) is 71.9 Å². The van der Waals surface area contributed by atoms with Gasteiger partial charge >= 0.3 is 0 Å². The van der Waals surface area contributed by atoms with E-state index >= 15 is 0 Å². The Morgan fingerprint density at radius 2 is 1.44 bits per heavy atom. The predicted octanol–water partition coefficient (Wildman–Crippen LogP) is 5.62. The second kappa shape index (κ2) is 11.2. The van der Waals surface area contributed by atoms with Crippen LogP contribution in [0.2, 0.25) is 0 Å². The van der Waals surface area contributed by atoms with Crippen molar-refractivity contribution in [2.24, 2.45) is 0 Å². The van der Waals surface area contributed by atoms with Gasteiger partial charge in [0.2, 0.25) is 5.91 Å². The number of thioether (sulfide) groups is 1. The van der Waals surface area contributed by atoms with Crippen molar-refractivity contribution in [3.63, 3.8) is 0 Å². The molecule has 3 aromatic carbocycles. The molecule has 0 saturated carbocycles. The number of fused-ring (bicyclic) bond motifs is 1. The number of hydrogen-bond donors (Lipinski definition) is 1. The van der Waals surface area contributed by atoms with Gasteiger partial charge in [-0.05, 0) is 67.3 Å². The van der Waals surface area contributed by atoms with Gasteiger partial charge < -0.3 is 9.88 Å². The molecule has 39 heavy (non-hydrogen) atoms. The summed E-state index contributed by atoms with van der Waals surface area (Å²) in [6, 6.07) is 20.1. The average Bonchev–Trinajstić information content (AvgIpc) is 3.50. The van der Waals surface area contributed by atoms with Gasteiger partial charge in [0, 0.05) is 17.8 Å². The molecule has 0 bridgehead atoms. The van der Waals surface area contributed by atoms with E-state index in [-0.39, 0.29) is 23.5 Å². The van der Waals surface area contributed by atoms with Gasteiger partial charge in [0.15, 0.2) is 11.0 Å². The Morgan fingerprint density at radius 1 is 0.821 bits per heavy atom. The Labute approximate surface area is 231 Å². The number of nitrogens with one attached hydrogen (secondary N) is 1. The highest BCUT2D eigenvalue weighted by Crippen LogP contribution is 2.31. The molecule has 9 heteroatoms. The molecule has 1 aliphatic rings. The maximum Gasteiger partial charge on any atom is 0.266 e. The molecule has 0 atom stereocenters. The lowest BCUT2D eigenvalue weighted by atomic mass is 10.0. The summed E-state index contributed by atoms with van der Waals surface area (Å²) in [6.45, 7) is 6.77. The van der Waals surface area contributed by atoms with E-state index in [4.69, 9.17) is 0 Å². The van der Waals surface area contributed by atoms with E-state index in [1.165, 1.54) is 16.7 Å². The summed E-state index contributed by atoms with van der Waals surface area (Å²) in [5.41, 5.74) is 5.26. The topological polar surface area (TPSA) is 97.2 Å². The van der Waals surface area contributed by atoms with Crippen LogP contribution in [-0.4, -0.2) is 38.2 Å². The molecule has 0 unspecified atom stereocenters. The van der Waals surface area contributed by atoms with Gasteiger partial charge in [0.05, 0.1) is 22.6 Å². The van der Waals surface area contributed by atoms with Crippen LogP contribution in [0, 0.1) is 0 Å². The molecule has 2 heterocycles. The van der Waals surface area contributed by atoms with Crippen LogP contribution in [0.3, 0.4) is 0 Å². The Morgan fingerprint density at radius 3 is 2.00 bits per heavy atom. The van der Waals surface area contributed by atoms with Crippen molar-refractivity contribution in [1.82, 2.24) is 14.8 Å².